The first-order valence-corrected chi connectivity index (χ1v) is 8.18. The maximum absolute atomic E-state index is 13.7. The number of aromatic nitrogens is 1. The molecule has 1 aliphatic heterocycles. The van der Waals surface area contributed by atoms with Crippen LogP contribution in [-0.4, -0.2) is 34.8 Å². The van der Waals surface area contributed by atoms with E-state index >= 15 is 0 Å². The molecule has 0 aliphatic carbocycles. The first kappa shape index (κ1) is 17.9. The molecule has 1 saturated heterocycles. The number of pyridine rings is 1. The predicted molar refractivity (Wildman–Crippen MR) is 88.3 cm³/mol. The van der Waals surface area contributed by atoms with Crippen molar-refractivity contribution >= 4 is 17.5 Å². The second kappa shape index (κ2) is 7.55. The van der Waals surface area contributed by atoms with Crippen LogP contribution in [0.25, 0.3) is 0 Å². The molecule has 5 nitrogen and oxygen atoms in total. The van der Waals surface area contributed by atoms with Crippen molar-refractivity contribution < 1.29 is 22.8 Å². The maximum atomic E-state index is 13.7. The lowest BCUT2D eigenvalue weighted by Crippen LogP contribution is -2.36. The van der Waals surface area contributed by atoms with E-state index in [1.807, 2.05) is 0 Å². The summed E-state index contributed by atoms with van der Waals surface area (Å²) in [5.74, 6) is -5.64. The minimum Gasteiger partial charge on any atom is -0.337 e. The van der Waals surface area contributed by atoms with Gasteiger partial charge in [0.05, 0.1) is 5.69 Å². The average Bonchev–Trinajstić information content (AvgIpc) is 2.68. The van der Waals surface area contributed by atoms with E-state index in [1.54, 1.807) is 4.90 Å². The topological polar surface area (TPSA) is 62.3 Å². The van der Waals surface area contributed by atoms with Crippen molar-refractivity contribution in [2.45, 2.75) is 19.3 Å². The van der Waals surface area contributed by atoms with Crippen LogP contribution < -0.4 is 5.32 Å². The highest BCUT2D eigenvalue weighted by atomic mass is 19.2. The number of rotatable bonds is 3. The standard InChI is InChI=1S/C18H16F3N3O2/c19-11-7-8-12(16(21)15(11)20)23-17(25)13-5-4-6-14(22-13)18(26)24-9-2-1-3-10-24/h4-8H,1-3,9-10H2,(H,23,25). The van der Waals surface area contributed by atoms with Gasteiger partial charge in [0.25, 0.3) is 11.8 Å². The highest BCUT2D eigenvalue weighted by molar-refractivity contribution is 6.03. The van der Waals surface area contributed by atoms with Crippen LogP contribution in [0.4, 0.5) is 18.9 Å². The molecule has 8 heteroatoms. The molecule has 1 aromatic heterocycles. The van der Waals surface area contributed by atoms with E-state index in [4.69, 9.17) is 0 Å². The van der Waals surface area contributed by atoms with Gasteiger partial charge in [-0.15, -0.1) is 0 Å². The number of carbonyl (C=O) groups is 2. The van der Waals surface area contributed by atoms with Gasteiger partial charge in [-0.3, -0.25) is 9.59 Å². The Labute approximate surface area is 147 Å². The van der Waals surface area contributed by atoms with E-state index in [1.165, 1.54) is 18.2 Å². The summed E-state index contributed by atoms with van der Waals surface area (Å²) in [4.78, 5) is 30.4. The smallest absolute Gasteiger partial charge is 0.274 e. The number of halogens is 3. The second-order valence-corrected chi connectivity index (χ2v) is 5.94. The molecule has 0 spiro atoms. The first-order chi connectivity index (χ1) is 12.5. The molecular weight excluding hydrogens is 347 g/mol. The Morgan fingerprint density at radius 3 is 2.35 bits per heavy atom. The fourth-order valence-corrected chi connectivity index (χ4v) is 2.75. The predicted octanol–water partition coefficient (Wildman–Crippen LogP) is 3.38. The third-order valence-corrected chi connectivity index (χ3v) is 4.13. The minimum atomic E-state index is -1.68. The summed E-state index contributed by atoms with van der Waals surface area (Å²) in [6, 6.07) is 5.94. The van der Waals surface area contributed by atoms with Crippen LogP contribution in [0, 0.1) is 17.5 Å². The van der Waals surface area contributed by atoms with Gasteiger partial charge in [-0.1, -0.05) is 6.07 Å². The highest BCUT2D eigenvalue weighted by Gasteiger charge is 2.21. The van der Waals surface area contributed by atoms with E-state index in [-0.39, 0.29) is 17.3 Å². The Bertz CT molecular complexity index is 852. The highest BCUT2D eigenvalue weighted by Crippen LogP contribution is 2.20. The molecule has 1 aromatic carbocycles. The Kier molecular flexibility index (Phi) is 5.20. The fourth-order valence-electron chi connectivity index (χ4n) is 2.75. The van der Waals surface area contributed by atoms with Gasteiger partial charge in [0.15, 0.2) is 17.5 Å². The molecule has 0 unspecified atom stereocenters. The van der Waals surface area contributed by atoms with Gasteiger partial charge >= 0.3 is 0 Å². The monoisotopic (exact) mass is 363 g/mol. The summed E-state index contributed by atoms with van der Waals surface area (Å²) in [5, 5.41) is 2.13. The van der Waals surface area contributed by atoms with Crippen LogP contribution in [0.15, 0.2) is 30.3 Å². The van der Waals surface area contributed by atoms with Gasteiger partial charge < -0.3 is 10.2 Å². The van der Waals surface area contributed by atoms with Crippen molar-refractivity contribution in [3.05, 3.63) is 59.2 Å². The number of nitrogens with one attached hydrogen (secondary N) is 1. The number of amides is 2. The largest absolute Gasteiger partial charge is 0.337 e. The number of anilines is 1. The van der Waals surface area contributed by atoms with Crippen molar-refractivity contribution in [1.29, 1.82) is 0 Å². The summed E-state index contributed by atoms with van der Waals surface area (Å²) >= 11 is 0. The Hall–Kier alpha value is -2.90. The van der Waals surface area contributed by atoms with Crippen molar-refractivity contribution in [3.63, 3.8) is 0 Å². The van der Waals surface area contributed by atoms with E-state index in [9.17, 15) is 22.8 Å². The quantitative estimate of drug-likeness (QED) is 0.851. The molecule has 136 valence electrons. The lowest BCUT2D eigenvalue weighted by Gasteiger charge is -2.26. The molecule has 2 aromatic rings. The normalized spacial score (nSPS) is 14.2. The zero-order valence-electron chi connectivity index (χ0n) is 13.8. The van der Waals surface area contributed by atoms with Crippen molar-refractivity contribution in [1.82, 2.24) is 9.88 Å². The number of hydrogen-bond donors (Lipinski definition) is 1. The van der Waals surface area contributed by atoms with Crippen molar-refractivity contribution in [3.8, 4) is 0 Å². The van der Waals surface area contributed by atoms with Crippen LogP contribution in [0.2, 0.25) is 0 Å². The van der Waals surface area contributed by atoms with Gasteiger partial charge in [0.1, 0.15) is 11.4 Å². The van der Waals surface area contributed by atoms with Gasteiger partial charge in [-0.2, -0.15) is 0 Å². The molecule has 1 aliphatic rings. The SMILES string of the molecule is O=C(Nc1ccc(F)c(F)c1F)c1cccc(C(=O)N2CCCCC2)n1. The van der Waals surface area contributed by atoms with E-state index < -0.39 is 29.0 Å². The molecule has 2 amide bonds. The third-order valence-electron chi connectivity index (χ3n) is 4.13. The number of piperidine rings is 1. The fraction of sp³-hybridized carbons (Fsp3) is 0.278. The number of hydrogen-bond acceptors (Lipinski definition) is 3. The molecule has 0 atom stereocenters. The summed E-state index contributed by atoms with van der Waals surface area (Å²) < 4.78 is 39.9. The molecule has 1 N–H and O–H groups in total. The van der Waals surface area contributed by atoms with Crippen molar-refractivity contribution in [2.24, 2.45) is 0 Å². The summed E-state index contributed by atoms with van der Waals surface area (Å²) in [7, 11) is 0. The average molecular weight is 363 g/mol. The summed E-state index contributed by atoms with van der Waals surface area (Å²) in [6.07, 6.45) is 2.90. The first-order valence-electron chi connectivity index (χ1n) is 8.18. The molecule has 1 fully saturated rings. The lowest BCUT2D eigenvalue weighted by molar-refractivity contribution is 0.0718. The molecule has 0 saturated carbocycles. The van der Waals surface area contributed by atoms with Crippen LogP contribution in [0.1, 0.15) is 40.2 Å². The molecule has 2 heterocycles. The lowest BCUT2D eigenvalue weighted by atomic mass is 10.1. The number of benzene rings is 1. The Morgan fingerprint density at radius 1 is 0.923 bits per heavy atom. The van der Waals surface area contributed by atoms with E-state index in [0.29, 0.717) is 19.2 Å². The molecule has 3 rings (SSSR count). The zero-order valence-corrected chi connectivity index (χ0v) is 13.8. The van der Waals surface area contributed by atoms with E-state index in [2.05, 4.69) is 10.3 Å². The third kappa shape index (κ3) is 3.68. The van der Waals surface area contributed by atoms with Crippen molar-refractivity contribution in [2.75, 3.05) is 18.4 Å². The van der Waals surface area contributed by atoms with Crippen LogP contribution in [-0.2, 0) is 0 Å². The second-order valence-electron chi connectivity index (χ2n) is 5.94. The Morgan fingerprint density at radius 2 is 1.62 bits per heavy atom. The zero-order chi connectivity index (χ0) is 18.7. The molecule has 0 radical (unpaired) electrons. The van der Waals surface area contributed by atoms with Crippen LogP contribution in [0.5, 0.6) is 0 Å². The number of nitrogens with zero attached hydrogens (tertiary/aromatic N) is 2. The van der Waals surface area contributed by atoms with Gasteiger partial charge in [0, 0.05) is 13.1 Å². The molecule has 26 heavy (non-hydrogen) atoms. The Balaban J connectivity index is 1.78. The van der Waals surface area contributed by atoms with Gasteiger partial charge in [-0.05, 0) is 43.5 Å². The summed E-state index contributed by atoms with van der Waals surface area (Å²) in [5.41, 5.74) is -0.536. The van der Waals surface area contributed by atoms with Crippen LogP contribution in [0.3, 0.4) is 0 Å². The maximum Gasteiger partial charge on any atom is 0.274 e. The number of likely N-dealkylation sites (tertiary alicyclic amines) is 1. The van der Waals surface area contributed by atoms with Gasteiger partial charge in [0.2, 0.25) is 0 Å². The number of carbonyl (C=O) groups excluding carboxylic acids is 2. The van der Waals surface area contributed by atoms with E-state index in [0.717, 1.165) is 25.3 Å². The van der Waals surface area contributed by atoms with Gasteiger partial charge in [-0.25, -0.2) is 18.2 Å². The minimum absolute atomic E-state index is 0.102. The van der Waals surface area contributed by atoms with Crippen LogP contribution >= 0.6 is 0 Å². The molecule has 0 bridgehead atoms. The summed E-state index contributed by atoms with van der Waals surface area (Å²) in [6.45, 7) is 1.27. The molecular formula is C18H16F3N3O2.